The number of aliphatic hydroxyl groups is 2. The molecular weight excluding hydrogens is 348 g/mol. The Kier molecular flexibility index (Phi) is 10.4. The van der Waals surface area contributed by atoms with Gasteiger partial charge in [0.25, 0.3) is 0 Å². The third-order valence-electron chi connectivity index (χ3n) is 3.86. The fourth-order valence-electron chi connectivity index (χ4n) is 2.03. The van der Waals surface area contributed by atoms with E-state index >= 15 is 0 Å². The maximum atomic E-state index is 12.4. The van der Waals surface area contributed by atoms with Gasteiger partial charge < -0.3 is 37.0 Å². The monoisotopic (exact) mass is 376 g/mol. The summed E-state index contributed by atoms with van der Waals surface area (Å²) >= 11 is 0. The molecule has 0 bridgehead atoms. The van der Waals surface area contributed by atoms with Crippen LogP contribution in [0, 0.1) is 5.92 Å². The van der Waals surface area contributed by atoms with Crippen LogP contribution < -0.4 is 21.7 Å². The molecule has 5 atom stereocenters. The number of nitrogens with one attached hydrogen (secondary N) is 3. The van der Waals surface area contributed by atoms with Crippen molar-refractivity contribution in [2.24, 2.45) is 11.7 Å². The summed E-state index contributed by atoms with van der Waals surface area (Å²) in [6.45, 7) is 3.54. The topological polar surface area (TPSA) is 191 Å². The fraction of sp³-hybridized carbons (Fsp3) is 0.733. The van der Waals surface area contributed by atoms with Gasteiger partial charge in [-0.2, -0.15) is 0 Å². The first-order valence-electron chi connectivity index (χ1n) is 8.20. The minimum absolute atomic E-state index is 0.381. The smallest absolute Gasteiger partial charge is 0.328 e. The van der Waals surface area contributed by atoms with Gasteiger partial charge in [-0.05, 0) is 12.8 Å². The number of aliphatic carboxylic acids is 1. The van der Waals surface area contributed by atoms with Crippen molar-refractivity contribution in [2.75, 3.05) is 13.2 Å². The van der Waals surface area contributed by atoms with Gasteiger partial charge in [-0.3, -0.25) is 14.4 Å². The van der Waals surface area contributed by atoms with Gasteiger partial charge in [-0.25, -0.2) is 4.79 Å². The van der Waals surface area contributed by atoms with Crippen molar-refractivity contribution in [3.63, 3.8) is 0 Å². The lowest BCUT2D eigenvalue weighted by molar-refractivity contribution is -0.145. The first kappa shape index (κ1) is 23.8. The lowest BCUT2D eigenvalue weighted by Crippen LogP contribution is -2.59. The van der Waals surface area contributed by atoms with Crippen LogP contribution in [0.1, 0.15) is 27.2 Å². The third-order valence-corrected chi connectivity index (χ3v) is 3.86. The second-order valence-corrected chi connectivity index (χ2v) is 5.94. The predicted molar refractivity (Wildman–Crippen MR) is 90.7 cm³/mol. The Morgan fingerprint density at radius 2 is 1.54 bits per heavy atom. The number of amides is 3. The summed E-state index contributed by atoms with van der Waals surface area (Å²) in [7, 11) is 0. The van der Waals surface area contributed by atoms with Crippen LogP contribution in [0.25, 0.3) is 0 Å². The molecule has 0 aliphatic heterocycles. The SMILES string of the molecule is CCC(C)C(NC(=O)C(CO)NC(=O)CN)C(=O)NC(C(=O)O)C(C)O. The highest BCUT2D eigenvalue weighted by molar-refractivity contribution is 5.93. The molecule has 5 unspecified atom stereocenters. The number of rotatable bonds is 11. The van der Waals surface area contributed by atoms with Crippen LogP contribution >= 0.6 is 0 Å². The Bertz CT molecular complexity index is 512. The third kappa shape index (κ3) is 7.33. The fourth-order valence-corrected chi connectivity index (χ4v) is 2.03. The molecule has 0 aromatic heterocycles. The standard InChI is InChI=1S/C15H28N4O7/c1-4-7(2)11(14(24)19-12(8(3)21)15(25)26)18-13(23)9(6-20)17-10(22)5-16/h7-9,11-12,20-21H,4-6,16H2,1-3H3,(H,17,22)(H,18,23)(H,19,24)(H,25,26). The van der Waals surface area contributed by atoms with E-state index in [0.717, 1.165) is 0 Å². The van der Waals surface area contributed by atoms with E-state index in [1.54, 1.807) is 13.8 Å². The van der Waals surface area contributed by atoms with E-state index in [4.69, 9.17) is 10.8 Å². The van der Waals surface area contributed by atoms with Crippen molar-refractivity contribution in [3.05, 3.63) is 0 Å². The average Bonchev–Trinajstić information content (AvgIpc) is 2.59. The highest BCUT2D eigenvalue weighted by atomic mass is 16.4. The van der Waals surface area contributed by atoms with E-state index in [1.807, 2.05) is 0 Å². The first-order chi connectivity index (χ1) is 12.1. The van der Waals surface area contributed by atoms with E-state index in [-0.39, 0.29) is 12.5 Å². The van der Waals surface area contributed by atoms with Crippen LogP contribution in [0.3, 0.4) is 0 Å². The zero-order valence-electron chi connectivity index (χ0n) is 15.1. The molecule has 11 heteroatoms. The number of carboxylic acid groups (broad SMARTS) is 1. The molecule has 8 N–H and O–H groups in total. The van der Waals surface area contributed by atoms with E-state index in [0.29, 0.717) is 6.42 Å². The highest BCUT2D eigenvalue weighted by Crippen LogP contribution is 2.09. The van der Waals surface area contributed by atoms with Crippen molar-refractivity contribution >= 4 is 23.7 Å². The maximum Gasteiger partial charge on any atom is 0.328 e. The number of carbonyl (C=O) groups is 4. The Labute approximate surface area is 151 Å². The van der Waals surface area contributed by atoms with E-state index in [2.05, 4.69) is 16.0 Å². The lowest BCUT2D eigenvalue weighted by Gasteiger charge is -2.27. The molecule has 0 radical (unpaired) electrons. The number of hydrogen-bond donors (Lipinski definition) is 7. The average molecular weight is 376 g/mol. The molecule has 11 nitrogen and oxygen atoms in total. The minimum Gasteiger partial charge on any atom is -0.480 e. The van der Waals surface area contributed by atoms with Crippen molar-refractivity contribution in [1.82, 2.24) is 16.0 Å². The second kappa shape index (κ2) is 11.4. The van der Waals surface area contributed by atoms with Gasteiger partial charge in [-0.1, -0.05) is 20.3 Å². The summed E-state index contributed by atoms with van der Waals surface area (Å²) in [6, 6.07) is -3.98. The Hall–Kier alpha value is -2.24. The molecule has 0 saturated carbocycles. The zero-order chi connectivity index (χ0) is 20.4. The molecule has 0 heterocycles. The van der Waals surface area contributed by atoms with Crippen molar-refractivity contribution in [1.29, 1.82) is 0 Å². The summed E-state index contributed by atoms with van der Waals surface area (Å²) < 4.78 is 0. The predicted octanol–water partition coefficient (Wildman–Crippen LogP) is -3.10. The molecule has 0 spiro atoms. The van der Waals surface area contributed by atoms with Crippen LogP contribution in [-0.4, -0.2) is 76.4 Å². The normalized spacial score (nSPS) is 16.5. The summed E-state index contributed by atoms with van der Waals surface area (Å²) in [5, 5.41) is 34.5. The van der Waals surface area contributed by atoms with Gasteiger partial charge in [0.2, 0.25) is 17.7 Å². The molecule has 0 fully saturated rings. The van der Waals surface area contributed by atoms with Gasteiger partial charge in [0, 0.05) is 0 Å². The summed E-state index contributed by atoms with van der Waals surface area (Å²) in [5.74, 6) is -4.09. The van der Waals surface area contributed by atoms with Crippen LogP contribution in [0.4, 0.5) is 0 Å². The number of aliphatic hydroxyl groups excluding tert-OH is 2. The van der Waals surface area contributed by atoms with Crippen LogP contribution in [-0.2, 0) is 19.2 Å². The largest absolute Gasteiger partial charge is 0.480 e. The first-order valence-corrected chi connectivity index (χ1v) is 8.20. The molecule has 26 heavy (non-hydrogen) atoms. The molecular formula is C15H28N4O7. The van der Waals surface area contributed by atoms with E-state index < -0.39 is 54.5 Å². The summed E-state index contributed by atoms with van der Waals surface area (Å²) in [4.78, 5) is 47.1. The molecule has 0 aromatic carbocycles. The van der Waals surface area contributed by atoms with Crippen LogP contribution in [0.2, 0.25) is 0 Å². The van der Waals surface area contributed by atoms with Crippen LogP contribution in [0.15, 0.2) is 0 Å². The quantitative estimate of drug-likeness (QED) is 0.197. The van der Waals surface area contributed by atoms with Gasteiger partial charge in [0.05, 0.1) is 19.3 Å². The Morgan fingerprint density at radius 1 is 1.00 bits per heavy atom. The van der Waals surface area contributed by atoms with Gasteiger partial charge in [-0.15, -0.1) is 0 Å². The second-order valence-electron chi connectivity index (χ2n) is 5.94. The van der Waals surface area contributed by atoms with Gasteiger partial charge in [0.1, 0.15) is 12.1 Å². The van der Waals surface area contributed by atoms with Gasteiger partial charge in [0.15, 0.2) is 6.04 Å². The number of carbonyl (C=O) groups excluding carboxylic acids is 3. The van der Waals surface area contributed by atoms with E-state index in [1.165, 1.54) is 6.92 Å². The highest BCUT2D eigenvalue weighted by Gasteiger charge is 2.33. The van der Waals surface area contributed by atoms with Crippen LogP contribution in [0.5, 0.6) is 0 Å². The lowest BCUT2D eigenvalue weighted by atomic mass is 9.97. The number of carboxylic acids is 1. The molecule has 0 saturated heterocycles. The van der Waals surface area contributed by atoms with Gasteiger partial charge >= 0.3 is 5.97 Å². The molecule has 0 aromatic rings. The Morgan fingerprint density at radius 3 is 1.92 bits per heavy atom. The minimum atomic E-state index is -1.54. The number of hydrogen-bond acceptors (Lipinski definition) is 7. The Balaban J connectivity index is 5.25. The van der Waals surface area contributed by atoms with Crippen molar-refractivity contribution < 1.29 is 34.5 Å². The van der Waals surface area contributed by atoms with Crippen molar-refractivity contribution in [2.45, 2.75) is 51.4 Å². The van der Waals surface area contributed by atoms with Crippen molar-refractivity contribution in [3.8, 4) is 0 Å². The zero-order valence-corrected chi connectivity index (χ0v) is 15.1. The molecule has 0 aliphatic carbocycles. The molecule has 3 amide bonds. The number of nitrogens with two attached hydrogens (primary N) is 1. The summed E-state index contributed by atoms with van der Waals surface area (Å²) in [5.41, 5.74) is 5.14. The molecule has 0 rings (SSSR count). The molecule has 150 valence electrons. The maximum absolute atomic E-state index is 12.4. The summed E-state index contributed by atoms with van der Waals surface area (Å²) in [6.07, 6.45) is -0.872. The molecule has 0 aliphatic rings. The van der Waals surface area contributed by atoms with E-state index in [9.17, 15) is 29.4 Å².